The molecule has 0 saturated carbocycles. The Morgan fingerprint density at radius 1 is 1.52 bits per heavy atom. The number of nitrogens with zero attached hydrogens (tertiary/aromatic N) is 2. The normalized spacial score (nSPS) is 17.9. The minimum absolute atomic E-state index is 0.541. The number of nitrogens with one attached hydrogen (secondary N) is 1. The second-order valence-corrected chi connectivity index (χ2v) is 6.87. The molecule has 0 aliphatic carbocycles. The van der Waals surface area contributed by atoms with Gasteiger partial charge in [0.1, 0.15) is 0 Å². The van der Waals surface area contributed by atoms with Crippen molar-refractivity contribution in [1.82, 2.24) is 10.2 Å². The molecule has 0 radical (unpaired) electrons. The van der Waals surface area contributed by atoms with E-state index in [2.05, 4.69) is 39.3 Å². The molecule has 0 aromatic carbocycles. The highest BCUT2D eigenvalue weighted by molar-refractivity contribution is 7.09. The summed E-state index contributed by atoms with van der Waals surface area (Å²) in [6.07, 6.45) is 2.46. The van der Waals surface area contributed by atoms with Crippen molar-refractivity contribution in [3.63, 3.8) is 0 Å². The lowest BCUT2D eigenvalue weighted by atomic mass is 9.97. The number of nitrogens with two attached hydrogens (primary N) is 1. The Hall–Kier alpha value is -1.33. The van der Waals surface area contributed by atoms with Gasteiger partial charge >= 0.3 is 0 Å². The minimum atomic E-state index is 0.541. The van der Waals surface area contributed by atoms with Gasteiger partial charge in [0.2, 0.25) is 0 Å². The first-order chi connectivity index (χ1) is 10.1. The first kappa shape index (κ1) is 16.0. The Morgan fingerprint density at radius 3 is 2.90 bits per heavy atom. The van der Waals surface area contributed by atoms with Crippen LogP contribution in [0.3, 0.4) is 0 Å². The largest absolute Gasteiger partial charge is 0.370 e. The molecule has 1 saturated heterocycles. The summed E-state index contributed by atoms with van der Waals surface area (Å²) in [5.74, 6) is 1.24. The van der Waals surface area contributed by atoms with Crippen molar-refractivity contribution in [2.45, 2.75) is 26.3 Å². The predicted molar refractivity (Wildman–Crippen MR) is 91.6 cm³/mol. The lowest BCUT2D eigenvalue weighted by Gasteiger charge is -2.31. The topological polar surface area (TPSA) is 53.6 Å². The van der Waals surface area contributed by atoms with Crippen LogP contribution in [-0.2, 0) is 6.54 Å². The average Bonchev–Trinajstić information content (AvgIpc) is 2.97. The summed E-state index contributed by atoms with van der Waals surface area (Å²) in [4.78, 5) is 8.25. The maximum absolute atomic E-state index is 5.85. The van der Waals surface area contributed by atoms with Crippen LogP contribution in [0.25, 0.3) is 0 Å². The number of guanidine groups is 1. The lowest BCUT2D eigenvalue weighted by Crippen LogP contribution is -2.40. The highest BCUT2D eigenvalue weighted by Crippen LogP contribution is 2.20. The molecule has 5 heteroatoms. The molecule has 21 heavy (non-hydrogen) atoms. The molecule has 0 unspecified atom stereocenters. The van der Waals surface area contributed by atoms with E-state index < -0.39 is 0 Å². The Bertz CT molecular complexity index is 459. The van der Waals surface area contributed by atoms with Gasteiger partial charge in [-0.2, -0.15) is 0 Å². The second-order valence-electron chi connectivity index (χ2n) is 5.84. The van der Waals surface area contributed by atoms with Crippen LogP contribution in [-0.4, -0.2) is 37.0 Å². The van der Waals surface area contributed by atoms with Crippen molar-refractivity contribution in [2.24, 2.45) is 16.6 Å². The van der Waals surface area contributed by atoms with E-state index in [-0.39, 0.29) is 0 Å². The molecule has 1 aliphatic heterocycles. The summed E-state index contributed by atoms with van der Waals surface area (Å²) in [7, 11) is 0. The first-order valence-corrected chi connectivity index (χ1v) is 8.44. The van der Waals surface area contributed by atoms with Crippen LogP contribution >= 0.6 is 11.3 Å². The number of piperidine rings is 1. The van der Waals surface area contributed by atoms with E-state index in [1.165, 1.54) is 30.8 Å². The first-order valence-electron chi connectivity index (χ1n) is 7.56. The van der Waals surface area contributed by atoms with E-state index in [1.54, 1.807) is 0 Å². The standard InChI is InChI=1S/C16H26N4S/c1-13(2)10-18-16(17)19-11-14-5-7-20(8-6-14)12-15-4-3-9-21-15/h3-4,9,14H,1,5-8,10-12H2,2H3,(H3,17,18,19). The van der Waals surface area contributed by atoms with Crippen LogP contribution in [0.1, 0.15) is 24.6 Å². The highest BCUT2D eigenvalue weighted by Gasteiger charge is 2.19. The van der Waals surface area contributed by atoms with E-state index in [4.69, 9.17) is 5.73 Å². The molecule has 3 N–H and O–H groups in total. The summed E-state index contributed by atoms with van der Waals surface area (Å²) in [5.41, 5.74) is 6.87. The number of hydrogen-bond acceptors (Lipinski definition) is 3. The van der Waals surface area contributed by atoms with Crippen LogP contribution in [0.5, 0.6) is 0 Å². The fraction of sp³-hybridized carbons (Fsp3) is 0.562. The van der Waals surface area contributed by atoms with E-state index in [1.807, 2.05) is 18.3 Å². The highest BCUT2D eigenvalue weighted by atomic mass is 32.1. The molecule has 0 bridgehead atoms. The van der Waals surface area contributed by atoms with Gasteiger partial charge in [0.15, 0.2) is 5.96 Å². The van der Waals surface area contributed by atoms with Crippen molar-refractivity contribution < 1.29 is 0 Å². The zero-order valence-corrected chi connectivity index (χ0v) is 13.7. The lowest BCUT2D eigenvalue weighted by molar-refractivity contribution is 0.179. The molecular formula is C16H26N4S. The molecule has 1 aliphatic rings. The quantitative estimate of drug-likeness (QED) is 0.482. The zero-order chi connectivity index (χ0) is 15.1. The summed E-state index contributed by atoms with van der Waals surface area (Å²) < 4.78 is 0. The molecular weight excluding hydrogens is 280 g/mol. The van der Waals surface area contributed by atoms with Gasteiger partial charge in [0, 0.05) is 18.0 Å². The summed E-state index contributed by atoms with van der Waals surface area (Å²) in [5, 5.41) is 5.39. The Kier molecular flexibility index (Phi) is 6.26. The number of rotatable bonds is 6. The predicted octanol–water partition coefficient (Wildman–Crippen LogP) is 2.44. The summed E-state index contributed by atoms with van der Waals surface area (Å²) in [6.45, 7) is 10.8. The second kappa shape index (κ2) is 8.20. The van der Waals surface area contributed by atoms with Gasteiger partial charge in [0.05, 0.1) is 6.54 Å². The molecule has 0 atom stereocenters. The Balaban J connectivity index is 1.65. The fourth-order valence-electron chi connectivity index (χ4n) is 2.50. The number of hydrogen-bond donors (Lipinski definition) is 2. The molecule has 0 spiro atoms. The summed E-state index contributed by atoms with van der Waals surface area (Å²) >= 11 is 1.85. The van der Waals surface area contributed by atoms with Gasteiger partial charge in [0.25, 0.3) is 0 Å². The maximum atomic E-state index is 5.85. The van der Waals surface area contributed by atoms with Gasteiger partial charge in [-0.3, -0.25) is 4.90 Å². The fourth-order valence-corrected chi connectivity index (χ4v) is 3.24. The molecule has 2 heterocycles. The van der Waals surface area contributed by atoms with Gasteiger partial charge in [-0.25, -0.2) is 4.99 Å². The number of aliphatic imine (C=N–C) groups is 1. The Morgan fingerprint density at radius 2 is 2.29 bits per heavy atom. The number of thiophene rings is 1. The molecule has 1 fully saturated rings. The van der Waals surface area contributed by atoms with Crippen molar-refractivity contribution in [3.8, 4) is 0 Å². The maximum Gasteiger partial charge on any atom is 0.188 e. The molecule has 4 nitrogen and oxygen atoms in total. The molecule has 2 rings (SSSR count). The van der Waals surface area contributed by atoms with E-state index in [0.717, 1.165) is 18.7 Å². The third kappa shape index (κ3) is 5.89. The van der Waals surface area contributed by atoms with Crippen LogP contribution in [0, 0.1) is 5.92 Å². The Labute approximate surface area is 131 Å². The van der Waals surface area contributed by atoms with Crippen LogP contribution in [0.2, 0.25) is 0 Å². The SMILES string of the molecule is C=C(C)CN=C(N)NCC1CCN(Cc2cccs2)CC1. The van der Waals surface area contributed by atoms with Gasteiger partial charge in [-0.1, -0.05) is 18.2 Å². The average molecular weight is 306 g/mol. The third-order valence-corrected chi connectivity index (χ3v) is 4.62. The van der Waals surface area contributed by atoms with E-state index in [9.17, 15) is 0 Å². The van der Waals surface area contributed by atoms with Crippen LogP contribution in [0.4, 0.5) is 0 Å². The van der Waals surface area contributed by atoms with Crippen LogP contribution in [0.15, 0.2) is 34.7 Å². The number of likely N-dealkylation sites (tertiary alicyclic amines) is 1. The van der Waals surface area contributed by atoms with Gasteiger partial charge in [-0.15, -0.1) is 11.3 Å². The third-order valence-electron chi connectivity index (χ3n) is 3.76. The van der Waals surface area contributed by atoms with Crippen molar-refractivity contribution in [3.05, 3.63) is 34.5 Å². The molecule has 0 amide bonds. The van der Waals surface area contributed by atoms with E-state index in [0.29, 0.717) is 18.4 Å². The minimum Gasteiger partial charge on any atom is -0.370 e. The van der Waals surface area contributed by atoms with Crippen molar-refractivity contribution in [2.75, 3.05) is 26.2 Å². The molecule has 1 aromatic rings. The van der Waals surface area contributed by atoms with Gasteiger partial charge < -0.3 is 11.1 Å². The molecule has 116 valence electrons. The van der Waals surface area contributed by atoms with Gasteiger partial charge in [-0.05, 0) is 50.2 Å². The van der Waals surface area contributed by atoms with Crippen LogP contribution < -0.4 is 11.1 Å². The van der Waals surface area contributed by atoms with Crippen molar-refractivity contribution >= 4 is 17.3 Å². The van der Waals surface area contributed by atoms with Crippen molar-refractivity contribution in [1.29, 1.82) is 0 Å². The molecule has 1 aromatic heterocycles. The smallest absolute Gasteiger partial charge is 0.188 e. The van der Waals surface area contributed by atoms with E-state index >= 15 is 0 Å². The summed E-state index contributed by atoms with van der Waals surface area (Å²) in [6, 6.07) is 4.35. The zero-order valence-electron chi connectivity index (χ0n) is 12.8. The monoisotopic (exact) mass is 306 g/mol.